The molecule has 0 saturated heterocycles. The van der Waals surface area contributed by atoms with Crippen LogP contribution in [0, 0.1) is 33.3 Å². The summed E-state index contributed by atoms with van der Waals surface area (Å²) in [6.07, 6.45) is 0. The smallest absolute Gasteiger partial charge is 0.699 e. The fourth-order valence-corrected chi connectivity index (χ4v) is 0.438. The van der Waals surface area contributed by atoms with Gasteiger partial charge in [0.1, 0.15) is 0 Å². The van der Waals surface area contributed by atoms with Gasteiger partial charge < -0.3 is 5.73 Å². The summed E-state index contributed by atoms with van der Waals surface area (Å²) in [4.78, 5) is 0. The molecule has 86 valence electrons. The number of rotatable bonds is 0. The van der Waals surface area contributed by atoms with Gasteiger partial charge in [-0.15, -0.1) is 5.69 Å². The molecule has 0 saturated carbocycles. The van der Waals surface area contributed by atoms with E-state index in [1.807, 2.05) is 18.2 Å². The van der Waals surface area contributed by atoms with Gasteiger partial charge >= 0.3 is 73.9 Å². The molecule has 18 heavy (non-hydrogen) atoms. The average Bonchev–Trinajstić information content (AvgIpc) is 2.50. The SMILES string of the molecule is [C-]#[O+].[C-]#[O+].[C-]#[O+].[C-]#[O+].[C-]#[O+].[Cr+6].[NH-]c1ccccc1. The van der Waals surface area contributed by atoms with Crippen LogP contribution in [0.15, 0.2) is 30.3 Å². The maximum absolute atomic E-state index is 7.50. The first-order valence-corrected chi connectivity index (χ1v) is 3.18. The van der Waals surface area contributed by atoms with Gasteiger partial charge in [-0.1, -0.05) is 30.3 Å². The first kappa shape index (κ1) is 36.0. The van der Waals surface area contributed by atoms with Crippen molar-refractivity contribution in [3.8, 4) is 0 Å². The quantitative estimate of drug-likeness (QED) is 0.511. The van der Waals surface area contributed by atoms with Gasteiger partial charge in [0.25, 0.3) is 0 Å². The summed E-state index contributed by atoms with van der Waals surface area (Å²) < 4.78 is 37.5. The Hall–Kier alpha value is -1.75. The number of nitrogens with one attached hydrogen (secondary N) is 1. The van der Waals surface area contributed by atoms with Gasteiger partial charge in [0, 0.05) is 0 Å². The molecular formula is C11H6CrNO5+5. The number of benzene rings is 1. The Morgan fingerprint density at radius 3 is 0.944 bits per heavy atom. The molecule has 1 aromatic rings. The molecule has 0 aliphatic carbocycles. The van der Waals surface area contributed by atoms with Gasteiger partial charge in [0.05, 0.1) is 0 Å². The van der Waals surface area contributed by atoms with Crippen LogP contribution >= 0.6 is 0 Å². The standard InChI is InChI=1S/C6H6N.5CO.Cr/c7-6-4-2-1-3-5-6;5*1-2;/h1-5,7H;;;;;;/q-1;;;;;;+6. The molecule has 0 unspecified atom stereocenters. The van der Waals surface area contributed by atoms with Gasteiger partial charge in [-0.05, 0) is 0 Å². The molecule has 1 rings (SSSR count). The van der Waals surface area contributed by atoms with E-state index < -0.39 is 0 Å². The van der Waals surface area contributed by atoms with Gasteiger partial charge in [-0.3, -0.25) is 0 Å². The second kappa shape index (κ2) is 79.3. The number of hydrogen-bond acceptors (Lipinski definition) is 0. The molecule has 0 bridgehead atoms. The first-order valence-electron chi connectivity index (χ1n) is 3.18. The van der Waals surface area contributed by atoms with Crippen molar-refractivity contribution < 1.29 is 40.6 Å². The Balaban J connectivity index is -0.0000000285. The summed E-state index contributed by atoms with van der Waals surface area (Å²) in [6, 6.07) is 9.10. The topological polar surface area (TPSA) is 123 Å². The average molecular weight is 284 g/mol. The zero-order valence-electron chi connectivity index (χ0n) is 8.84. The van der Waals surface area contributed by atoms with Crippen LogP contribution in [-0.4, -0.2) is 0 Å². The van der Waals surface area contributed by atoms with Crippen molar-refractivity contribution in [2.75, 3.05) is 0 Å². The van der Waals surface area contributed by atoms with Crippen LogP contribution in [0.2, 0.25) is 0 Å². The molecule has 0 aromatic heterocycles. The molecule has 0 fully saturated rings. The van der Waals surface area contributed by atoms with Gasteiger partial charge in [0.2, 0.25) is 0 Å². The molecule has 0 aliphatic rings. The fourth-order valence-electron chi connectivity index (χ4n) is 0.438. The minimum absolute atomic E-state index is 0. The minimum atomic E-state index is 0. The van der Waals surface area contributed by atoms with Crippen molar-refractivity contribution in [2.24, 2.45) is 0 Å². The van der Waals surface area contributed by atoms with Crippen molar-refractivity contribution in [3.63, 3.8) is 0 Å². The van der Waals surface area contributed by atoms with Crippen LogP contribution in [0.25, 0.3) is 5.73 Å². The van der Waals surface area contributed by atoms with Crippen LogP contribution in [-0.2, 0) is 40.6 Å². The van der Waals surface area contributed by atoms with E-state index in [9.17, 15) is 0 Å². The van der Waals surface area contributed by atoms with Crippen LogP contribution in [0.5, 0.6) is 0 Å². The Morgan fingerprint density at radius 2 is 0.833 bits per heavy atom. The predicted octanol–water partition coefficient (Wildman–Crippen LogP) is 2.18. The molecule has 0 spiro atoms. The van der Waals surface area contributed by atoms with Crippen LogP contribution in [0.1, 0.15) is 0 Å². The third kappa shape index (κ3) is 64.0. The monoisotopic (exact) mass is 284 g/mol. The van der Waals surface area contributed by atoms with E-state index in [0.717, 1.165) is 0 Å². The largest absolute Gasteiger partial charge is 6.00 e. The van der Waals surface area contributed by atoms with Crippen LogP contribution in [0.4, 0.5) is 5.69 Å². The zero-order valence-corrected chi connectivity index (χ0v) is 10.1. The normalized spacial score (nSPS) is 3.89. The maximum atomic E-state index is 7.50. The summed E-state index contributed by atoms with van der Waals surface area (Å²) in [5.74, 6) is 0. The second-order valence-corrected chi connectivity index (χ2v) is 1.37. The van der Waals surface area contributed by atoms with E-state index >= 15 is 0 Å². The molecule has 0 atom stereocenters. The Morgan fingerprint density at radius 1 is 0.611 bits per heavy atom. The van der Waals surface area contributed by atoms with E-state index in [1.165, 1.54) is 0 Å². The maximum Gasteiger partial charge on any atom is 6.00 e. The molecule has 1 N–H and O–H groups in total. The van der Waals surface area contributed by atoms with E-state index in [0.29, 0.717) is 5.69 Å². The third-order valence-corrected chi connectivity index (χ3v) is 0.774. The Kier molecular flexibility index (Phi) is 158. The van der Waals surface area contributed by atoms with Gasteiger partial charge in [0.15, 0.2) is 0 Å². The summed E-state index contributed by atoms with van der Waals surface area (Å²) in [7, 11) is 0. The van der Waals surface area contributed by atoms with Crippen molar-refractivity contribution in [3.05, 3.63) is 69.3 Å². The molecule has 0 heterocycles. The molecule has 1 aromatic carbocycles. The van der Waals surface area contributed by atoms with E-state index in [1.54, 1.807) is 12.1 Å². The third-order valence-electron chi connectivity index (χ3n) is 0.774. The minimum Gasteiger partial charge on any atom is -0.699 e. The van der Waals surface area contributed by atoms with E-state index in [-0.39, 0.29) is 17.4 Å². The van der Waals surface area contributed by atoms with Crippen molar-refractivity contribution in [1.29, 1.82) is 0 Å². The predicted molar refractivity (Wildman–Crippen MR) is 50.1 cm³/mol. The Labute approximate surface area is 116 Å². The van der Waals surface area contributed by atoms with E-state index in [2.05, 4.69) is 33.3 Å². The summed E-state index contributed by atoms with van der Waals surface area (Å²) in [5.41, 5.74) is 7.57. The number of hydrogen-bond donors (Lipinski definition) is 0. The fraction of sp³-hybridized carbons (Fsp3) is 0. The Bertz CT molecular complexity index is 281. The van der Waals surface area contributed by atoms with Crippen LogP contribution in [0.3, 0.4) is 0 Å². The molecule has 0 radical (unpaired) electrons. The van der Waals surface area contributed by atoms with Crippen LogP contribution < -0.4 is 0 Å². The molecule has 6 nitrogen and oxygen atoms in total. The van der Waals surface area contributed by atoms with Crippen molar-refractivity contribution in [1.82, 2.24) is 0 Å². The van der Waals surface area contributed by atoms with Gasteiger partial charge in [-0.25, -0.2) is 0 Å². The second-order valence-electron chi connectivity index (χ2n) is 1.37. The zero-order chi connectivity index (χ0) is 15.1. The molecule has 0 amide bonds. The van der Waals surface area contributed by atoms with Crippen molar-refractivity contribution in [2.45, 2.75) is 0 Å². The molecule has 7 heteroatoms. The van der Waals surface area contributed by atoms with Gasteiger partial charge in [-0.2, -0.15) is 0 Å². The summed E-state index contributed by atoms with van der Waals surface area (Å²) in [5, 5.41) is 0. The van der Waals surface area contributed by atoms with Crippen molar-refractivity contribution >= 4 is 5.69 Å². The summed E-state index contributed by atoms with van der Waals surface area (Å²) >= 11 is 0. The first-order chi connectivity index (χ1) is 8.39. The molecular weight excluding hydrogens is 278 g/mol. The molecule has 0 aliphatic heterocycles. The summed E-state index contributed by atoms with van der Waals surface area (Å²) in [6.45, 7) is 22.5. The van der Waals surface area contributed by atoms with E-state index in [4.69, 9.17) is 29.0 Å².